The highest BCUT2D eigenvalue weighted by atomic mass is 35.5. The molecule has 1 N–H and O–H groups in total. The van der Waals surface area contributed by atoms with Crippen LogP contribution in [0.15, 0.2) is 108 Å². The molecule has 1 amide bonds. The molecule has 216 valence electrons. The third-order valence-corrected chi connectivity index (χ3v) is 7.03. The number of carbonyl (C=O) groups is 2. The van der Waals surface area contributed by atoms with E-state index in [0.717, 1.165) is 10.8 Å². The van der Waals surface area contributed by atoms with Crippen LogP contribution in [0.1, 0.15) is 15.9 Å². The fraction of sp³-hybridized carbons (Fsp3) is 0.0312. The average Bonchev–Trinajstić information content (AvgIpc) is 2.99. The normalized spacial score (nSPS) is 11.1. The molecular formula is C32H20Cl4N2O5. The number of carbonyl (C=O) groups excluding carboxylic acids is 2. The largest absolute Gasteiger partial charge is 0.446 e. The summed E-state index contributed by atoms with van der Waals surface area (Å²) in [5, 5.41) is 7.24. The van der Waals surface area contributed by atoms with Crippen LogP contribution < -0.4 is 19.6 Å². The molecule has 7 nitrogen and oxygen atoms in total. The first-order chi connectivity index (χ1) is 20.8. The van der Waals surface area contributed by atoms with Gasteiger partial charge in [-0.3, -0.25) is 4.79 Å². The van der Waals surface area contributed by atoms with E-state index in [-0.39, 0.29) is 16.3 Å². The third-order valence-electron chi connectivity index (χ3n) is 5.98. The lowest BCUT2D eigenvalue weighted by Gasteiger charge is -2.19. The Labute approximate surface area is 266 Å². The van der Waals surface area contributed by atoms with Gasteiger partial charge < -0.3 is 14.2 Å². The van der Waals surface area contributed by atoms with Gasteiger partial charge in [-0.15, -0.1) is 0 Å². The van der Waals surface area contributed by atoms with Crippen molar-refractivity contribution in [3.8, 4) is 17.2 Å². The first kappa shape index (κ1) is 30.2. The number of ether oxygens (including phenoxy) is 3. The van der Waals surface area contributed by atoms with Gasteiger partial charge in [0.1, 0.15) is 17.2 Å². The van der Waals surface area contributed by atoms with Gasteiger partial charge in [0, 0.05) is 20.6 Å². The Morgan fingerprint density at radius 3 is 1.95 bits per heavy atom. The lowest BCUT2D eigenvalue weighted by molar-refractivity contribution is -0.140. The fourth-order valence-corrected chi connectivity index (χ4v) is 4.66. The molecule has 0 bridgehead atoms. The predicted molar refractivity (Wildman–Crippen MR) is 169 cm³/mol. The summed E-state index contributed by atoms with van der Waals surface area (Å²) in [4.78, 5) is 26.2. The van der Waals surface area contributed by atoms with Crippen molar-refractivity contribution in [1.82, 2.24) is 5.43 Å². The molecule has 0 unspecified atom stereocenters. The van der Waals surface area contributed by atoms with E-state index in [9.17, 15) is 9.59 Å². The van der Waals surface area contributed by atoms with Gasteiger partial charge in [0.25, 0.3) is 0 Å². The Morgan fingerprint density at radius 2 is 1.33 bits per heavy atom. The molecule has 5 aromatic rings. The molecule has 0 aliphatic carbocycles. The topological polar surface area (TPSA) is 86.2 Å². The fourth-order valence-electron chi connectivity index (χ4n) is 3.93. The molecule has 0 atom stereocenters. The molecule has 0 aliphatic heterocycles. The molecule has 0 saturated carbocycles. The Hall–Kier alpha value is -4.27. The maximum atomic E-state index is 13.2. The molecular weight excluding hydrogens is 634 g/mol. The second-order valence-electron chi connectivity index (χ2n) is 8.92. The minimum atomic E-state index is -1.43. The molecule has 0 radical (unpaired) electrons. The Kier molecular flexibility index (Phi) is 9.69. The van der Waals surface area contributed by atoms with E-state index in [4.69, 9.17) is 60.6 Å². The summed E-state index contributed by atoms with van der Waals surface area (Å²) in [6.45, 7) is 0. The van der Waals surface area contributed by atoms with E-state index in [1.165, 1.54) is 24.4 Å². The number of amides is 1. The number of hydrogen-bond donors (Lipinski definition) is 1. The molecule has 0 aliphatic rings. The van der Waals surface area contributed by atoms with Gasteiger partial charge in [-0.05, 0) is 83.6 Å². The average molecular weight is 654 g/mol. The quantitative estimate of drug-likeness (QED) is 0.0566. The van der Waals surface area contributed by atoms with Crippen LogP contribution >= 0.6 is 46.4 Å². The van der Waals surface area contributed by atoms with E-state index >= 15 is 0 Å². The van der Waals surface area contributed by atoms with Crippen LogP contribution in [0.2, 0.25) is 20.1 Å². The summed E-state index contributed by atoms with van der Waals surface area (Å²) >= 11 is 24.1. The zero-order chi connectivity index (χ0) is 30.3. The van der Waals surface area contributed by atoms with Gasteiger partial charge in [-0.25, -0.2) is 10.2 Å². The van der Waals surface area contributed by atoms with Crippen LogP contribution in [0.4, 0.5) is 0 Å². The summed E-state index contributed by atoms with van der Waals surface area (Å²) in [6, 6.07) is 28.2. The van der Waals surface area contributed by atoms with E-state index in [2.05, 4.69) is 10.5 Å². The van der Waals surface area contributed by atoms with Gasteiger partial charge in [0.15, 0.2) is 0 Å². The number of esters is 1. The Bertz CT molecular complexity index is 1760. The van der Waals surface area contributed by atoms with Gasteiger partial charge in [0.05, 0.1) is 16.8 Å². The zero-order valence-corrected chi connectivity index (χ0v) is 25.0. The summed E-state index contributed by atoms with van der Waals surface area (Å²) in [7, 11) is 0. The molecule has 5 rings (SSSR count). The van der Waals surface area contributed by atoms with Crippen LogP contribution in [0.25, 0.3) is 10.8 Å². The third kappa shape index (κ3) is 7.77. The minimum Gasteiger partial charge on any atom is -0.446 e. The number of hydrogen-bond acceptors (Lipinski definition) is 6. The predicted octanol–water partition coefficient (Wildman–Crippen LogP) is 8.61. The Balaban J connectivity index is 1.40. The Morgan fingerprint density at radius 1 is 0.721 bits per heavy atom. The van der Waals surface area contributed by atoms with Crippen molar-refractivity contribution in [3.05, 3.63) is 134 Å². The number of nitrogens with zero attached hydrogens (tertiary/aromatic N) is 1. The van der Waals surface area contributed by atoms with Crippen molar-refractivity contribution in [2.45, 2.75) is 6.29 Å². The smallest absolute Gasteiger partial charge is 0.345 e. The second kappa shape index (κ2) is 13.8. The van der Waals surface area contributed by atoms with E-state index in [1.807, 2.05) is 24.3 Å². The maximum absolute atomic E-state index is 13.2. The van der Waals surface area contributed by atoms with Crippen molar-refractivity contribution < 1.29 is 23.8 Å². The molecule has 43 heavy (non-hydrogen) atoms. The first-order valence-electron chi connectivity index (χ1n) is 12.6. The molecule has 0 fully saturated rings. The number of rotatable bonds is 9. The molecule has 0 heterocycles. The van der Waals surface area contributed by atoms with Crippen LogP contribution in [-0.4, -0.2) is 24.4 Å². The summed E-state index contributed by atoms with van der Waals surface area (Å²) < 4.78 is 17.3. The van der Waals surface area contributed by atoms with Gasteiger partial charge in [-0.1, -0.05) is 76.7 Å². The molecule has 0 spiro atoms. The van der Waals surface area contributed by atoms with Crippen LogP contribution in [0.5, 0.6) is 17.2 Å². The van der Waals surface area contributed by atoms with Crippen molar-refractivity contribution in [3.63, 3.8) is 0 Å². The highest BCUT2D eigenvalue weighted by Crippen LogP contribution is 2.29. The van der Waals surface area contributed by atoms with Crippen molar-refractivity contribution in [2.24, 2.45) is 5.10 Å². The highest BCUT2D eigenvalue weighted by Gasteiger charge is 2.23. The zero-order valence-electron chi connectivity index (χ0n) is 22.0. The number of fused-ring (bicyclic) bond motifs is 1. The lowest BCUT2D eigenvalue weighted by atomic mass is 10.0. The standard InChI is InChI=1S/C32H20Cl4N2O5/c33-20-6-11-23(12-7-20)41-32(42-24-13-8-21(34)9-14-24)30(39)38-37-18-27-25-4-2-1-3-19(25)5-16-29(27)43-31(40)26-15-10-22(35)17-28(26)36/h1-18,32H,(H,38,39)/b37-18+. The van der Waals surface area contributed by atoms with Gasteiger partial charge >= 0.3 is 18.2 Å². The molecule has 11 heteroatoms. The minimum absolute atomic E-state index is 0.136. The van der Waals surface area contributed by atoms with Crippen LogP contribution in [0, 0.1) is 0 Å². The van der Waals surface area contributed by atoms with Crippen molar-refractivity contribution in [2.75, 3.05) is 0 Å². The van der Waals surface area contributed by atoms with E-state index in [0.29, 0.717) is 32.1 Å². The number of hydrazone groups is 1. The van der Waals surface area contributed by atoms with Crippen molar-refractivity contribution >= 4 is 75.3 Å². The van der Waals surface area contributed by atoms with Crippen LogP contribution in [-0.2, 0) is 4.79 Å². The highest BCUT2D eigenvalue weighted by molar-refractivity contribution is 6.36. The monoisotopic (exact) mass is 652 g/mol. The summed E-state index contributed by atoms with van der Waals surface area (Å²) in [5.74, 6) is -0.534. The van der Waals surface area contributed by atoms with Gasteiger partial charge in [0.2, 0.25) is 0 Å². The number of nitrogens with one attached hydrogen (secondary N) is 1. The van der Waals surface area contributed by atoms with E-state index < -0.39 is 18.2 Å². The van der Waals surface area contributed by atoms with Crippen LogP contribution in [0.3, 0.4) is 0 Å². The number of benzene rings is 5. The van der Waals surface area contributed by atoms with Crippen molar-refractivity contribution in [1.29, 1.82) is 0 Å². The summed E-state index contributed by atoms with van der Waals surface area (Å²) in [6.07, 6.45) is -0.0649. The second-order valence-corrected chi connectivity index (χ2v) is 10.6. The van der Waals surface area contributed by atoms with E-state index in [1.54, 1.807) is 60.7 Å². The first-order valence-corrected chi connectivity index (χ1v) is 14.1. The van der Waals surface area contributed by atoms with Gasteiger partial charge in [-0.2, -0.15) is 5.10 Å². The number of halogens is 4. The maximum Gasteiger partial charge on any atom is 0.345 e. The molecule has 0 aromatic heterocycles. The molecule has 5 aromatic carbocycles. The lowest BCUT2D eigenvalue weighted by Crippen LogP contribution is -2.40. The molecule has 0 saturated heterocycles. The summed E-state index contributed by atoms with van der Waals surface area (Å²) in [5.41, 5.74) is 3.01. The SMILES string of the molecule is O=C(Oc1ccc2ccccc2c1/C=N/NC(=O)C(Oc1ccc(Cl)cc1)Oc1ccc(Cl)cc1)c1ccc(Cl)cc1Cl.